The summed E-state index contributed by atoms with van der Waals surface area (Å²) in [6.45, 7) is -3.11. The minimum absolute atomic E-state index is 0.0431. The molecule has 1 aliphatic rings. The maximum atomic E-state index is 13.5. The van der Waals surface area contributed by atoms with Gasteiger partial charge in [-0.25, -0.2) is 13.8 Å². The van der Waals surface area contributed by atoms with Crippen molar-refractivity contribution in [2.45, 2.75) is 13.2 Å². The molecule has 3 heterocycles. The van der Waals surface area contributed by atoms with Crippen LogP contribution >= 0.6 is 0 Å². The Bertz CT molecular complexity index is 1060. The van der Waals surface area contributed by atoms with E-state index in [1.165, 1.54) is 35.4 Å². The zero-order valence-corrected chi connectivity index (χ0v) is 14.1. The molecule has 5 nitrogen and oxygen atoms in total. The number of alkyl halides is 2. The van der Waals surface area contributed by atoms with Crippen molar-refractivity contribution < 1.29 is 27.1 Å². The van der Waals surface area contributed by atoms with Crippen molar-refractivity contribution in [2.75, 3.05) is 4.90 Å². The van der Waals surface area contributed by atoms with Crippen LogP contribution in [0.15, 0.2) is 48.8 Å². The van der Waals surface area contributed by atoms with E-state index in [0.717, 1.165) is 18.3 Å². The lowest BCUT2D eigenvalue weighted by Gasteiger charge is -2.15. The van der Waals surface area contributed by atoms with E-state index >= 15 is 0 Å². The van der Waals surface area contributed by atoms with Gasteiger partial charge in [-0.3, -0.25) is 14.7 Å². The zero-order chi connectivity index (χ0) is 19.8. The molecule has 0 atom stereocenters. The van der Waals surface area contributed by atoms with Crippen LogP contribution in [0.5, 0.6) is 5.75 Å². The van der Waals surface area contributed by atoms with Crippen LogP contribution in [0.2, 0.25) is 0 Å². The second-order valence-corrected chi connectivity index (χ2v) is 5.93. The molecule has 0 fully saturated rings. The number of pyridine rings is 2. The number of fused-ring (bicyclic) bond motifs is 1. The van der Waals surface area contributed by atoms with Crippen molar-refractivity contribution in [2.24, 2.45) is 0 Å². The van der Waals surface area contributed by atoms with Gasteiger partial charge in [0, 0.05) is 29.0 Å². The topological polar surface area (TPSA) is 55.3 Å². The normalized spacial score (nSPS) is 13.2. The quantitative estimate of drug-likeness (QED) is 0.628. The molecule has 9 heteroatoms. The Labute approximate surface area is 156 Å². The van der Waals surface area contributed by atoms with Gasteiger partial charge in [0.2, 0.25) is 0 Å². The number of carbonyl (C=O) groups excluding carboxylic acids is 1. The number of hydrogen-bond donors (Lipinski definition) is 0. The Morgan fingerprint density at radius 2 is 1.79 bits per heavy atom. The molecule has 0 spiro atoms. The highest BCUT2D eigenvalue weighted by molar-refractivity contribution is 6.10. The summed E-state index contributed by atoms with van der Waals surface area (Å²) in [5.74, 6) is -1.84. The summed E-state index contributed by atoms with van der Waals surface area (Å²) in [4.78, 5) is 22.1. The van der Waals surface area contributed by atoms with Gasteiger partial charge in [0.15, 0.2) is 0 Å². The number of hydrogen-bond acceptors (Lipinski definition) is 4. The maximum absolute atomic E-state index is 13.5. The zero-order valence-electron chi connectivity index (χ0n) is 14.1. The van der Waals surface area contributed by atoms with E-state index in [0.29, 0.717) is 11.1 Å². The van der Waals surface area contributed by atoms with Crippen molar-refractivity contribution in [3.05, 3.63) is 71.6 Å². The highest BCUT2D eigenvalue weighted by atomic mass is 19.3. The minimum Gasteiger partial charge on any atom is -0.434 e. The first kappa shape index (κ1) is 17.9. The van der Waals surface area contributed by atoms with Crippen LogP contribution in [0.25, 0.3) is 11.3 Å². The fourth-order valence-electron chi connectivity index (χ4n) is 3.06. The molecule has 0 saturated carbocycles. The van der Waals surface area contributed by atoms with E-state index in [1.54, 1.807) is 0 Å². The molecular weight excluding hydrogens is 378 g/mol. The predicted octanol–water partition coefficient (Wildman–Crippen LogP) is 4.18. The van der Waals surface area contributed by atoms with Crippen molar-refractivity contribution in [1.29, 1.82) is 0 Å². The third-order valence-corrected chi connectivity index (χ3v) is 4.25. The Hall–Kier alpha value is -3.49. The number of nitrogens with zero attached hydrogens (tertiary/aromatic N) is 3. The highest BCUT2D eigenvalue weighted by Crippen LogP contribution is 2.37. The number of halogens is 4. The lowest BCUT2D eigenvalue weighted by Crippen LogP contribution is -2.23. The second kappa shape index (κ2) is 6.91. The summed E-state index contributed by atoms with van der Waals surface area (Å²) in [5.41, 5.74) is 1.08. The van der Waals surface area contributed by atoms with Crippen LogP contribution in [-0.2, 0) is 6.54 Å². The molecule has 0 saturated heterocycles. The molecule has 0 radical (unpaired) electrons. The van der Waals surface area contributed by atoms with Crippen LogP contribution in [0.3, 0.4) is 0 Å². The molecule has 1 amide bonds. The van der Waals surface area contributed by atoms with E-state index in [4.69, 9.17) is 0 Å². The highest BCUT2D eigenvalue weighted by Gasteiger charge is 2.32. The number of aromatic nitrogens is 2. The van der Waals surface area contributed by atoms with Crippen LogP contribution < -0.4 is 9.64 Å². The molecule has 2 aromatic heterocycles. The summed E-state index contributed by atoms with van der Waals surface area (Å²) >= 11 is 0. The molecule has 0 N–H and O–H groups in total. The fraction of sp³-hybridized carbons (Fsp3) is 0.105. The van der Waals surface area contributed by atoms with Gasteiger partial charge in [-0.15, -0.1) is 0 Å². The van der Waals surface area contributed by atoms with Crippen LogP contribution in [0, 0.1) is 11.6 Å². The van der Waals surface area contributed by atoms with Gasteiger partial charge in [0.05, 0.1) is 18.4 Å². The Balaban J connectivity index is 1.79. The van der Waals surface area contributed by atoms with Crippen molar-refractivity contribution in [3.8, 4) is 17.0 Å². The molecule has 1 aliphatic heterocycles. The monoisotopic (exact) mass is 389 g/mol. The number of carbonyl (C=O) groups is 1. The number of ether oxygens (including phenoxy) is 1. The summed E-state index contributed by atoms with van der Waals surface area (Å²) in [5, 5.41) is 0. The smallest absolute Gasteiger partial charge is 0.387 e. The Morgan fingerprint density at radius 1 is 1.00 bits per heavy atom. The Kier molecular flexibility index (Phi) is 4.42. The molecule has 1 aromatic carbocycles. The van der Waals surface area contributed by atoms with E-state index in [9.17, 15) is 22.4 Å². The average Bonchev–Trinajstić information content (AvgIpc) is 2.99. The first-order valence-electron chi connectivity index (χ1n) is 8.10. The molecule has 4 rings (SSSR count). The first-order chi connectivity index (χ1) is 13.4. The Morgan fingerprint density at radius 3 is 2.50 bits per heavy atom. The summed E-state index contributed by atoms with van der Waals surface area (Å²) < 4.78 is 56.5. The number of anilines is 1. The van der Waals surface area contributed by atoms with Gasteiger partial charge < -0.3 is 4.74 Å². The summed E-state index contributed by atoms with van der Waals surface area (Å²) in [6.07, 6.45) is 2.34. The maximum Gasteiger partial charge on any atom is 0.387 e. The van der Waals surface area contributed by atoms with Gasteiger partial charge in [0.1, 0.15) is 23.2 Å². The van der Waals surface area contributed by atoms with Gasteiger partial charge in [-0.05, 0) is 30.3 Å². The lowest BCUT2D eigenvalue weighted by molar-refractivity contribution is -0.0496. The van der Waals surface area contributed by atoms with Gasteiger partial charge in [0.25, 0.3) is 5.91 Å². The minimum atomic E-state index is -3.15. The van der Waals surface area contributed by atoms with Gasteiger partial charge >= 0.3 is 6.61 Å². The third kappa shape index (κ3) is 3.15. The molecule has 142 valence electrons. The lowest BCUT2D eigenvalue weighted by atomic mass is 10.0. The fourth-order valence-corrected chi connectivity index (χ4v) is 3.06. The largest absolute Gasteiger partial charge is 0.434 e. The van der Waals surface area contributed by atoms with Crippen molar-refractivity contribution >= 4 is 11.7 Å². The summed E-state index contributed by atoms with van der Waals surface area (Å²) in [6, 6.07) is 7.20. The van der Waals surface area contributed by atoms with Crippen LogP contribution in [-0.4, -0.2) is 22.5 Å². The first-order valence-corrected chi connectivity index (χ1v) is 8.10. The van der Waals surface area contributed by atoms with E-state index in [2.05, 4.69) is 14.7 Å². The predicted molar refractivity (Wildman–Crippen MR) is 91.0 cm³/mol. The SMILES string of the molecule is O=C1c2ccnc(-c3ccc(F)cc3OC(F)F)c2CN1c1ccc(F)cn1. The average molecular weight is 389 g/mol. The number of benzene rings is 1. The van der Waals surface area contributed by atoms with Crippen LogP contribution in [0.1, 0.15) is 15.9 Å². The van der Waals surface area contributed by atoms with E-state index in [1.807, 2.05) is 0 Å². The van der Waals surface area contributed by atoms with Crippen molar-refractivity contribution in [3.63, 3.8) is 0 Å². The number of rotatable bonds is 4. The molecular formula is C19H11F4N3O2. The van der Waals surface area contributed by atoms with Crippen molar-refractivity contribution in [1.82, 2.24) is 9.97 Å². The third-order valence-electron chi connectivity index (χ3n) is 4.25. The molecule has 28 heavy (non-hydrogen) atoms. The molecule has 0 unspecified atom stereocenters. The van der Waals surface area contributed by atoms with Crippen LogP contribution in [0.4, 0.5) is 23.4 Å². The molecule has 3 aromatic rings. The van der Waals surface area contributed by atoms with E-state index < -0.39 is 24.2 Å². The standard InChI is InChI=1S/C19H11F4N3O2/c20-10-1-3-13(15(7-10)28-19(22)23)17-14-9-26(16-4-2-11(21)8-25-16)18(27)12(14)5-6-24-17/h1-8,19H,9H2. The summed E-state index contributed by atoms with van der Waals surface area (Å²) in [7, 11) is 0. The molecule has 0 aliphatic carbocycles. The van der Waals surface area contributed by atoms with Gasteiger partial charge in [-0.2, -0.15) is 8.78 Å². The number of amides is 1. The second-order valence-electron chi connectivity index (χ2n) is 5.93. The molecule has 0 bridgehead atoms. The van der Waals surface area contributed by atoms with Gasteiger partial charge in [-0.1, -0.05) is 0 Å². The van der Waals surface area contributed by atoms with E-state index in [-0.39, 0.29) is 29.4 Å².